The number of hydrogen-bond acceptors (Lipinski definition) is 3. The van der Waals surface area contributed by atoms with E-state index in [1.807, 2.05) is 31.2 Å². The number of carbonyl (C=O) groups is 1. The average molecular weight is 348 g/mol. The summed E-state index contributed by atoms with van der Waals surface area (Å²) in [4.78, 5) is 18.2. The Morgan fingerprint density at radius 2 is 2.05 bits per heavy atom. The van der Waals surface area contributed by atoms with Crippen molar-refractivity contribution in [2.24, 2.45) is 0 Å². The molecule has 0 atom stereocenters. The van der Waals surface area contributed by atoms with Gasteiger partial charge in [0.25, 0.3) is 0 Å². The van der Waals surface area contributed by atoms with Gasteiger partial charge in [0.15, 0.2) is 0 Å². The highest BCUT2D eigenvalue weighted by Gasteiger charge is 2.14. The number of aromatic nitrogens is 1. The van der Waals surface area contributed by atoms with Crippen LogP contribution < -0.4 is 0 Å². The molecule has 5 heteroatoms. The first-order valence-corrected chi connectivity index (χ1v) is 7.56. The van der Waals surface area contributed by atoms with Crippen LogP contribution in [-0.2, 0) is 0 Å². The minimum atomic E-state index is -0.940. The fourth-order valence-electron chi connectivity index (χ4n) is 2.07. The molecule has 3 rings (SSSR count). The van der Waals surface area contributed by atoms with Crippen LogP contribution in [0.25, 0.3) is 21.5 Å². The molecular formula is C15H10BrNO2S. The lowest BCUT2D eigenvalue weighted by Crippen LogP contribution is -2.00. The standard InChI is InChI=1S/C15H10BrNO2S/c1-8-2-5-14(20-8)13-7-11(15(18)19)10-6-9(16)3-4-12(10)17-13/h2-7H,1H3,(H,18,19). The number of fused-ring (bicyclic) bond motifs is 1. The Balaban J connectivity index is 2.31. The Hall–Kier alpha value is -1.72. The van der Waals surface area contributed by atoms with Gasteiger partial charge in [0.05, 0.1) is 21.7 Å². The first-order chi connectivity index (χ1) is 9.54. The predicted octanol–water partition coefficient (Wildman–Crippen LogP) is 4.73. The number of pyridine rings is 1. The van der Waals surface area contributed by atoms with Crippen molar-refractivity contribution in [3.63, 3.8) is 0 Å². The second kappa shape index (κ2) is 5.00. The third-order valence-corrected chi connectivity index (χ3v) is 4.51. The van der Waals surface area contributed by atoms with Crippen molar-refractivity contribution in [1.82, 2.24) is 4.98 Å². The highest BCUT2D eigenvalue weighted by Crippen LogP contribution is 2.30. The number of hydrogen-bond donors (Lipinski definition) is 1. The zero-order chi connectivity index (χ0) is 14.3. The molecule has 0 aliphatic carbocycles. The molecule has 0 spiro atoms. The molecule has 20 heavy (non-hydrogen) atoms. The Morgan fingerprint density at radius 1 is 1.25 bits per heavy atom. The van der Waals surface area contributed by atoms with E-state index in [9.17, 15) is 9.90 Å². The number of aromatic carboxylic acids is 1. The minimum absolute atomic E-state index is 0.275. The van der Waals surface area contributed by atoms with Crippen molar-refractivity contribution in [3.05, 3.63) is 51.3 Å². The zero-order valence-corrected chi connectivity index (χ0v) is 13.0. The Bertz CT molecular complexity index is 826. The van der Waals surface area contributed by atoms with Crippen molar-refractivity contribution in [2.45, 2.75) is 6.92 Å². The summed E-state index contributed by atoms with van der Waals surface area (Å²) in [5, 5.41) is 10.1. The van der Waals surface area contributed by atoms with Gasteiger partial charge in [-0.3, -0.25) is 0 Å². The van der Waals surface area contributed by atoms with E-state index in [0.717, 1.165) is 9.35 Å². The molecule has 0 saturated carbocycles. The van der Waals surface area contributed by atoms with Gasteiger partial charge < -0.3 is 5.11 Å². The van der Waals surface area contributed by atoms with Gasteiger partial charge >= 0.3 is 5.97 Å². The highest BCUT2D eigenvalue weighted by molar-refractivity contribution is 9.10. The van der Waals surface area contributed by atoms with Crippen molar-refractivity contribution < 1.29 is 9.90 Å². The van der Waals surface area contributed by atoms with Crippen LogP contribution in [0.3, 0.4) is 0 Å². The lowest BCUT2D eigenvalue weighted by molar-refractivity contribution is 0.0699. The molecule has 0 radical (unpaired) electrons. The van der Waals surface area contributed by atoms with Crippen LogP contribution in [0, 0.1) is 6.92 Å². The number of carboxylic acid groups (broad SMARTS) is 1. The molecule has 2 heterocycles. The van der Waals surface area contributed by atoms with E-state index in [0.29, 0.717) is 16.6 Å². The number of thiophene rings is 1. The van der Waals surface area contributed by atoms with Crippen LogP contribution in [0.5, 0.6) is 0 Å². The van der Waals surface area contributed by atoms with Crippen molar-refractivity contribution >= 4 is 44.1 Å². The monoisotopic (exact) mass is 347 g/mol. The van der Waals surface area contributed by atoms with E-state index in [4.69, 9.17) is 0 Å². The number of benzene rings is 1. The van der Waals surface area contributed by atoms with Crippen molar-refractivity contribution in [2.75, 3.05) is 0 Å². The van der Waals surface area contributed by atoms with E-state index in [-0.39, 0.29) is 5.56 Å². The summed E-state index contributed by atoms with van der Waals surface area (Å²) in [7, 11) is 0. The van der Waals surface area contributed by atoms with Crippen LogP contribution in [0.15, 0.2) is 40.9 Å². The summed E-state index contributed by atoms with van der Waals surface area (Å²) in [6.07, 6.45) is 0. The summed E-state index contributed by atoms with van der Waals surface area (Å²) in [6.45, 7) is 2.02. The lowest BCUT2D eigenvalue weighted by atomic mass is 10.1. The van der Waals surface area contributed by atoms with Crippen LogP contribution in [0.4, 0.5) is 0 Å². The van der Waals surface area contributed by atoms with E-state index in [1.54, 1.807) is 23.5 Å². The van der Waals surface area contributed by atoms with Crippen molar-refractivity contribution in [3.8, 4) is 10.6 Å². The summed E-state index contributed by atoms with van der Waals surface area (Å²) in [5.41, 5.74) is 1.67. The van der Waals surface area contributed by atoms with Crippen molar-refractivity contribution in [1.29, 1.82) is 0 Å². The second-order valence-corrected chi connectivity index (χ2v) is 6.64. The largest absolute Gasteiger partial charge is 0.478 e. The number of nitrogens with zero attached hydrogens (tertiary/aromatic N) is 1. The third kappa shape index (κ3) is 2.34. The Kier molecular flexibility index (Phi) is 3.31. The number of aryl methyl sites for hydroxylation is 1. The maximum Gasteiger partial charge on any atom is 0.336 e. The molecule has 0 saturated heterocycles. The first kappa shape index (κ1) is 13.3. The van der Waals surface area contributed by atoms with Crippen LogP contribution in [0.2, 0.25) is 0 Å². The Morgan fingerprint density at radius 3 is 2.70 bits per heavy atom. The zero-order valence-electron chi connectivity index (χ0n) is 10.6. The quantitative estimate of drug-likeness (QED) is 0.728. The molecular weight excluding hydrogens is 338 g/mol. The van der Waals surface area contributed by atoms with Gasteiger partial charge in [-0.25, -0.2) is 9.78 Å². The molecule has 3 aromatic rings. The molecule has 1 aromatic carbocycles. The average Bonchev–Trinajstić information content (AvgIpc) is 2.84. The SMILES string of the molecule is Cc1ccc(-c2cc(C(=O)O)c3cc(Br)ccc3n2)s1. The van der Waals surface area contributed by atoms with Crippen LogP contribution in [-0.4, -0.2) is 16.1 Å². The van der Waals surface area contributed by atoms with Gasteiger partial charge in [-0.05, 0) is 43.3 Å². The number of rotatable bonds is 2. The van der Waals surface area contributed by atoms with Gasteiger partial charge in [0.1, 0.15) is 0 Å². The highest BCUT2D eigenvalue weighted by atomic mass is 79.9. The van der Waals surface area contributed by atoms with Gasteiger partial charge in [0, 0.05) is 14.7 Å². The Labute approximate surface area is 128 Å². The fourth-order valence-corrected chi connectivity index (χ4v) is 3.26. The van der Waals surface area contributed by atoms with E-state index < -0.39 is 5.97 Å². The summed E-state index contributed by atoms with van der Waals surface area (Å²) in [6, 6.07) is 11.1. The molecule has 0 amide bonds. The lowest BCUT2D eigenvalue weighted by Gasteiger charge is -2.06. The first-order valence-electron chi connectivity index (χ1n) is 5.95. The summed E-state index contributed by atoms with van der Waals surface area (Å²) >= 11 is 4.97. The maximum absolute atomic E-state index is 11.5. The molecule has 100 valence electrons. The molecule has 1 N–H and O–H groups in total. The summed E-state index contributed by atoms with van der Waals surface area (Å²) < 4.78 is 0.842. The summed E-state index contributed by atoms with van der Waals surface area (Å²) in [5.74, 6) is -0.940. The van der Waals surface area contributed by atoms with Crippen LogP contribution >= 0.6 is 27.3 Å². The molecule has 0 bridgehead atoms. The van der Waals surface area contributed by atoms with E-state index in [1.165, 1.54) is 4.88 Å². The molecule has 2 aromatic heterocycles. The number of halogens is 1. The molecule has 0 fully saturated rings. The number of carboxylic acids is 1. The van der Waals surface area contributed by atoms with E-state index in [2.05, 4.69) is 20.9 Å². The third-order valence-electron chi connectivity index (χ3n) is 2.99. The minimum Gasteiger partial charge on any atom is -0.478 e. The molecule has 3 nitrogen and oxygen atoms in total. The smallest absolute Gasteiger partial charge is 0.336 e. The van der Waals surface area contributed by atoms with Gasteiger partial charge in [0.2, 0.25) is 0 Å². The van der Waals surface area contributed by atoms with Gasteiger partial charge in [-0.15, -0.1) is 11.3 Å². The second-order valence-electron chi connectivity index (χ2n) is 4.43. The van der Waals surface area contributed by atoms with Gasteiger partial charge in [-0.2, -0.15) is 0 Å². The fraction of sp³-hybridized carbons (Fsp3) is 0.0667. The molecule has 0 aliphatic heterocycles. The van der Waals surface area contributed by atoms with E-state index >= 15 is 0 Å². The van der Waals surface area contributed by atoms with Gasteiger partial charge in [-0.1, -0.05) is 15.9 Å². The predicted molar refractivity (Wildman–Crippen MR) is 84.5 cm³/mol. The normalized spacial score (nSPS) is 10.9. The topological polar surface area (TPSA) is 50.2 Å². The van der Waals surface area contributed by atoms with Crippen LogP contribution in [0.1, 0.15) is 15.2 Å². The maximum atomic E-state index is 11.5. The molecule has 0 aliphatic rings. The molecule has 0 unspecified atom stereocenters.